The van der Waals surface area contributed by atoms with E-state index in [1.165, 1.54) is 0 Å². The van der Waals surface area contributed by atoms with Crippen LogP contribution < -0.4 is 0 Å². The summed E-state index contributed by atoms with van der Waals surface area (Å²) in [5.41, 5.74) is -1.05. The highest BCUT2D eigenvalue weighted by Gasteiger charge is 2.18. The molecule has 0 bridgehead atoms. The van der Waals surface area contributed by atoms with Crippen molar-refractivity contribution in [2.24, 2.45) is 0 Å². The second-order valence-electron chi connectivity index (χ2n) is 3.30. The maximum absolute atomic E-state index is 9.40. The zero-order chi connectivity index (χ0) is 10.3. The summed E-state index contributed by atoms with van der Waals surface area (Å²) < 4.78 is 10.4. The molecule has 0 saturated heterocycles. The van der Waals surface area contributed by atoms with Crippen molar-refractivity contribution < 1.29 is 19.7 Å². The zero-order valence-corrected chi connectivity index (χ0v) is 8.62. The van der Waals surface area contributed by atoms with Gasteiger partial charge in [0.2, 0.25) is 0 Å². The minimum absolute atomic E-state index is 0.250. The molecule has 0 aromatic rings. The second-order valence-corrected chi connectivity index (χ2v) is 3.30. The van der Waals surface area contributed by atoms with E-state index >= 15 is 0 Å². The van der Waals surface area contributed by atoms with Crippen LogP contribution >= 0.6 is 0 Å². The van der Waals surface area contributed by atoms with Gasteiger partial charge in [-0.1, -0.05) is 0 Å². The molecule has 0 aromatic carbocycles. The number of aliphatic hydroxyl groups excluding tert-OH is 1. The van der Waals surface area contributed by atoms with Gasteiger partial charge >= 0.3 is 0 Å². The first-order valence-corrected chi connectivity index (χ1v) is 4.58. The van der Waals surface area contributed by atoms with Gasteiger partial charge in [-0.25, -0.2) is 0 Å². The predicted octanol–water partition coefficient (Wildman–Crippen LogP) is 0.519. The van der Waals surface area contributed by atoms with E-state index in [1.54, 1.807) is 13.8 Å². The monoisotopic (exact) mass is 192 g/mol. The Labute approximate surface area is 79.5 Å². The Morgan fingerprint density at radius 3 is 2.46 bits per heavy atom. The smallest absolute Gasteiger partial charge is 0.154 e. The molecule has 0 rings (SSSR count). The van der Waals surface area contributed by atoms with Gasteiger partial charge in [-0.3, -0.25) is 0 Å². The van der Waals surface area contributed by atoms with Crippen LogP contribution in [-0.2, 0) is 9.47 Å². The standard InChI is InChI=1S/C9H20O4/c1-4-12-8(2)13-6-5-9(3,11)7-10/h8,10-11H,4-7H2,1-3H3/t8?,9-/m1/s1. The molecule has 2 atom stereocenters. The van der Waals surface area contributed by atoms with Gasteiger partial charge in [0.05, 0.1) is 18.8 Å². The van der Waals surface area contributed by atoms with Crippen molar-refractivity contribution in [2.45, 2.75) is 39.1 Å². The van der Waals surface area contributed by atoms with Crippen molar-refractivity contribution in [2.75, 3.05) is 19.8 Å². The lowest BCUT2D eigenvalue weighted by atomic mass is 10.1. The zero-order valence-electron chi connectivity index (χ0n) is 8.62. The van der Waals surface area contributed by atoms with Crippen LogP contribution in [0.2, 0.25) is 0 Å². The van der Waals surface area contributed by atoms with Crippen LogP contribution in [-0.4, -0.2) is 41.9 Å². The van der Waals surface area contributed by atoms with Crippen LogP contribution in [0.3, 0.4) is 0 Å². The van der Waals surface area contributed by atoms with E-state index < -0.39 is 5.60 Å². The molecule has 13 heavy (non-hydrogen) atoms. The number of ether oxygens (including phenoxy) is 2. The number of aliphatic hydroxyl groups is 2. The van der Waals surface area contributed by atoms with Crippen molar-refractivity contribution >= 4 is 0 Å². The van der Waals surface area contributed by atoms with Crippen molar-refractivity contribution in [3.05, 3.63) is 0 Å². The average molecular weight is 192 g/mol. The summed E-state index contributed by atoms with van der Waals surface area (Å²) in [6.07, 6.45) is 0.153. The Kier molecular flexibility index (Phi) is 6.24. The fourth-order valence-electron chi connectivity index (χ4n) is 0.807. The summed E-state index contributed by atoms with van der Waals surface area (Å²) in [5, 5.41) is 18.1. The molecule has 0 aromatic heterocycles. The largest absolute Gasteiger partial charge is 0.393 e. The molecule has 0 amide bonds. The second kappa shape index (κ2) is 6.32. The fraction of sp³-hybridized carbons (Fsp3) is 1.00. The molecule has 0 spiro atoms. The molecule has 0 heterocycles. The Bertz CT molecular complexity index is 125. The first kappa shape index (κ1) is 12.8. The van der Waals surface area contributed by atoms with E-state index in [0.29, 0.717) is 19.6 Å². The minimum Gasteiger partial charge on any atom is -0.393 e. The van der Waals surface area contributed by atoms with E-state index in [1.807, 2.05) is 6.92 Å². The van der Waals surface area contributed by atoms with Gasteiger partial charge in [0.15, 0.2) is 6.29 Å². The van der Waals surface area contributed by atoms with E-state index in [-0.39, 0.29) is 12.9 Å². The highest BCUT2D eigenvalue weighted by atomic mass is 16.7. The molecule has 2 N–H and O–H groups in total. The van der Waals surface area contributed by atoms with Gasteiger partial charge < -0.3 is 19.7 Å². The fourth-order valence-corrected chi connectivity index (χ4v) is 0.807. The average Bonchev–Trinajstić information content (AvgIpc) is 2.05. The first-order chi connectivity index (χ1) is 6.02. The summed E-state index contributed by atoms with van der Waals surface area (Å²) in [4.78, 5) is 0. The molecular formula is C9H20O4. The molecule has 4 nitrogen and oxygen atoms in total. The van der Waals surface area contributed by atoms with Crippen LogP contribution in [0.25, 0.3) is 0 Å². The van der Waals surface area contributed by atoms with Gasteiger partial charge in [0, 0.05) is 13.0 Å². The van der Waals surface area contributed by atoms with Gasteiger partial charge in [-0.2, -0.15) is 0 Å². The normalized spacial score (nSPS) is 18.2. The third-order valence-electron chi connectivity index (χ3n) is 1.74. The number of rotatable bonds is 7. The Hall–Kier alpha value is -0.160. The molecule has 1 unspecified atom stereocenters. The number of hydrogen-bond donors (Lipinski definition) is 2. The molecule has 0 aliphatic heterocycles. The van der Waals surface area contributed by atoms with E-state index in [9.17, 15) is 5.11 Å². The summed E-state index contributed by atoms with van der Waals surface area (Å²) in [7, 11) is 0. The van der Waals surface area contributed by atoms with Crippen LogP contribution in [0.4, 0.5) is 0 Å². The van der Waals surface area contributed by atoms with E-state index in [0.717, 1.165) is 0 Å². The lowest BCUT2D eigenvalue weighted by Gasteiger charge is -2.21. The van der Waals surface area contributed by atoms with Gasteiger partial charge in [-0.05, 0) is 20.8 Å². The summed E-state index contributed by atoms with van der Waals surface area (Å²) >= 11 is 0. The van der Waals surface area contributed by atoms with Gasteiger partial charge in [0.25, 0.3) is 0 Å². The molecule has 0 saturated carbocycles. The molecule has 0 fully saturated rings. The SMILES string of the molecule is CCOC(C)OCC[C@@](C)(O)CO. The Morgan fingerprint density at radius 2 is 2.00 bits per heavy atom. The Morgan fingerprint density at radius 1 is 1.38 bits per heavy atom. The molecule has 80 valence electrons. The maximum Gasteiger partial charge on any atom is 0.154 e. The van der Waals surface area contributed by atoms with Gasteiger partial charge in [0.1, 0.15) is 0 Å². The van der Waals surface area contributed by atoms with E-state index in [4.69, 9.17) is 14.6 Å². The molecule has 0 aliphatic carbocycles. The third-order valence-corrected chi connectivity index (χ3v) is 1.74. The molecular weight excluding hydrogens is 172 g/mol. The van der Waals surface area contributed by atoms with Crippen molar-refractivity contribution in [1.82, 2.24) is 0 Å². The maximum atomic E-state index is 9.40. The molecule has 0 aliphatic rings. The lowest BCUT2D eigenvalue weighted by molar-refractivity contribution is -0.138. The van der Waals surface area contributed by atoms with Gasteiger partial charge in [-0.15, -0.1) is 0 Å². The summed E-state index contributed by atoms with van der Waals surface area (Å²) in [6.45, 7) is 6.01. The predicted molar refractivity (Wildman–Crippen MR) is 49.4 cm³/mol. The highest BCUT2D eigenvalue weighted by molar-refractivity contribution is 4.69. The molecule has 0 radical (unpaired) electrons. The summed E-state index contributed by atoms with van der Waals surface area (Å²) in [6, 6.07) is 0. The van der Waals surface area contributed by atoms with Crippen LogP contribution in [0, 0.1) is 0 Å². The van der Waals surface area contributed by atoms with Crippen LogP contribution in [0.1, 0.15) is 27.2 Å². The molecule has 4 heteroatoms. The lowest BCUT2D eigenvalue weighted by Crippen LogP contribution is -2.31. The Balaban J connectivity index is 3.44. The summed E-state index contributed by atoms with van der Waals surface area (Å²) in [5.74, 6) is 0. The number of hydrogen-bond acceptors (Lipinski definition) is 4. The van der Waals surface area contributed by atoms with Crippen LogP contribution in [0.15, 0.2) is 0 Å². The van der Waals surface area contributed by atoms with Crippen LogP contribution in [0.5, 0.6) is 0 Å². The quantitative estimate of drug-likeness (QED) is 0.577. The first-order valence-electron chi connectivity index (χ1n) is 4.58. The topological polar surface area (TPSA) is 58.9 Å². The van der Waals surface area contributed by atoms with Crippen molar-refractivity contribution in [1.29, 1.82) is 0 Å². The van der Waals surface area contributed by atoms with E-state index in [2.05, 4.69) is 0 Å². The highest BCUT2D eigenvalue weighted by Crippen LogP contribution is 2.08. The third kappa shape index (κ3) is 6.95. The van der Waals surface area contributed by atoms with Crippen molar-refractivity contribution in [3.63, 3.8) is 0 Å². The van der Waals surface area contributed by atoms with Crippen molar-refractivity contribution in [3.8, 4) is 0 Å². The minimum atomic E-state index is -1.05.